The molecular formula is C8H4BrNNaO2. The van der Waals surface area contributed by atoms with Gasteiger partial charge in [0, 0.05) is 34.0 Å². The third kappa shape index (κ3) is 1.86. The Labute approximate surface area is 105 Å². The fourth-order valence-corrected chi connectivity index (χ4v) is 1.50. The SMILES string of the molecule is O=C1NC(=O)c2cc(Br)ccc21.[Na]. The predicted octanol–water partition coefficient (Wildman–Crippen LogP) is 0.952. The summed E-state index contributed by atoms with van der Waals surface area (Å²) in [5.74, 6) is -0.640. The minimum atomic E-state index is -0.323. The molecule has 0 saturated heterocycles. The molecule has 2 amide bonds. The first-order chi connectivity index (χ1) is 5.68. The molecule has 0 spiro atoms. The van der Waals surface area contributed by atoms with E-state index in [0.29, 0.717) is 11.1 Å². The molecule has 1 aromatic rings. The number of hydrogen-bond acceptors (Lipinski definition) is 2. The number of rotatable bonds is 0. The third-order valence-corrected chi connectivity index (χ3v) is 2.19. The first-order valence-corrected chi connectivity index (χ1v) is 4.13. The maximum Gasteiger partial charge on any atom is 0.258 e. The van der Waals surface area contributed by atoms with Crippen molar-refractivity contribution in [3.05, 3.63) is 33.8 Å². The number of carbonyl (C=O) groups is 2. The molecule has 2 rings (SSSR count). The number of fused-ring (bicyclic) bond motifs is 1. The van der Waals surface area contributed by atoms with Crippen molar-refractivity contribution in [1.82, 2.24) is 5.32 Å². The van der Waals surface area contributed by atoms with Crippen LogP contribution in [0.1, 0.15) is 20.7 Å². The molecule has 1 aromatic carbocycles. The number of amides is 2. The minimum absolute atomic E-state index is 0. The van der Waals surface area contributed by atoms with Crippen LogP contribution >= 0.6 is 15.9 Å². The second-order valence-electron chi connectivity index (χ2n) is 2.47. The standard InChI is InChI=1S/C8H4BrNO2.Na/c9-4-1-2-5-6(3-4)8(12)10-7(5)11;/h1-3H,(H,10,11,12);. The van der Waals surface area contributed by atoms with Crippen molar-refractivity contribution < 1.29 is 9.59 Å². The zero-order chi connectivity index (χ0) is 8.72. The number of carbonyl (C=O) groups excluding carboxylic acids is 2. The smallest absolute Gasteiger partial charge is 0.258 e. The van der Waals surface area contributed by atoms with Crippen molar-refractivity contribution in [1.29, 1.82) is 0 Å². The van der Waals surface area contributed by atoms with Crippen molar-refractivity contribution in [2.75, 3.05) is 0 Å². The summed E-state index contributed by atoms with van der Waals surface area (Å²) in [6, 6.07) is 4.99. The quantitative estimate of drug-likeness (QED) is 0.549. The van der Waals surface area contributed by atoms with E-state index in [1.807, 2.05) is 0 Å². The predicted molar refractivity (Wildman–Crippen MR) is 51.7 cm³/mol. The largest absolute Gasteiger partial charge is 0.288 e. The van der Waals surface area contributed by atoms with Crippen LogP contribution < -0.4 is 5.32 Å². The maximum atomic E-state index is 11.1. The molecule has 0 bridgehead atoms. The van der Waals surface area contributed by atoms with Crippen LogP contribution in [-0.4, -0.2) is 41.4 Å². The van der Waals surface area contributed by atoms with Gasteiger partial charge in [0.2, 0.25) is 0 Å². The van der Waals surface area contributed by atoms with Gasteiger partial charge in [0.1, 0.15) is 0 Å². The zero-order valence-corrected chi connectivity index (χ0v) is 10.5. The average Bonchev–Trinajstić information content (AvgIpc) is 2.28. The Hall–Kier alpha value is -0.160. The van der Waals surface area contributed by atoms with Gasteiger partial charge in [-0.05, 0) is 18.2 Å². The van der Waals surface area contributed by atoms with E-state index >= 15 is 0 Å². The van der Waals surface area contributed by atoms with Gasteiger partial charge in [-0.2, -0.15) is 0 Å². The van der Waals surface area contributed by atoms with Gasteiger partial charge in [-0.25, -0.2) is 0 Å². The summed E-state index contributed by atoms with van der Waals surface area (Å²) in [5, 5.41) is 2.21. The molecule has 3 nitrogen and oxygen atoms in total. The fourth-order valence-electron chi connectivity index (χ4n) is 1.14. The van der Waals surface area contributed by atoms with Crippen LogP contribution in [0.5, 0.6) is 0 Å². The third-order valence-electron chi connectivity index (χ3n) is 1.70. The van der Waals surface area contributed by atoms with E-state index in [1.54, 1.807) is 18.2 Å². The van der Waals surface area contributed by atoms with Crippen LogP contribution in [0, 0.1) is 0 Å². The van der Waals surface area contributed by atoms with Gasteiger partial charge < -0.3 is 0 Å². The number of hydrogen-bond donors (Lipinski definition) is 1. The summed E-state index contributed by atoms with van der Waals surface area (Å²) in [7, 11) is 0. The Bertz CT molecular complexity index is 392. The number of imide groups is 1. The van der Waals surface area contributed by atoms with Crippen molar-refractivity contribution in [3.8, 4) is 0 Å². The average molecular weight is 249 g/mol. The van der Waals surface area contributed by atoms with Gasteiger partial charge >= 0.3 is 0 Å². The van der Waals surface area contributed by atoms with Crippen LogP contribution in [0.25, 0.3) is 0 Å². The summed E-state index contributed by atoms with van der Waals surface area (Å²) >= 11 is 3.22. The van der Waals surface area contributed by atoms with Crippen LogP contribution in [0.15, 0.2) is 22.7 Å². The van der Waals surface area contributed by atoms with Gasteiger partial charge in [-0.15, -0.1) is 0 Å². The molecule has 1 N–H and O–H groups in total. The molecule has 13 heavy (non-hydrogen) atoms. The molecule has 61 valence electrons. The van der Waals surface area contributed by atoms with Crippen LogP contribution in [0.3, 0.4) is 0 Å². The Morgan fingerprint density at radius 2 is 1.69 bits per heavy atom. The van der Waals surface area contributed by atoms with E-state index < -0.39 is 0 Å². The van der Waals surface area contributed by atoms with Crippen molar-refractivity contribution in [2.24, 2.45) is 0 Å². The van der Waals surface area contributed by atoms with E-state index in [9.17, 15) is 9.59 Å². The maximum absolute atomic E-state index is 11.1. The Kier molecular flexibility index (Phi) is 3.29. The zero-order valence-electron chi connectivity index (χ0n) is 6.93. The van der Waals surface area contributed by atoms with E-state index in [-0.39, 0.29) is 41.4 Å². The van der Waals surface area contributed by atoms with E-state index in [4.69, 9.17) is 0 Å². The molecule has 0 atom stereocenters. The van der Waals surface area contributed by atoms with Crippen LogP contribution in [-0.2, 0) is 0 Å². The first-order valence-electron chi connectivity index (χ1n) is 3.34. The Morgan fingerprint density at radius 3 is 2.38 bits per heavy atom. The molecule has 5 heteroatoms. The summed E-state index contributed by atoms with van der Waals surface area (Å²) < 4.78 is 0.797. The van der Waals surface area contributed by atoms with Gasteiger partial charge in [0.05, 0.1) is 11.1 Å². The second kappa shape index (κ2) is 3.92. The van der Waals surface area contributed by atoms with Gasteiger partial charge in [-0.1, -0.05) is 15.9 Å². The molecule has 0 aliphatic carbocycles. The molecule has 0 fully saturated rings. The second-order valence-corrected chi connectivity index (χ2v) is 3.39. The molecule has 1 heterocycles. The molecule has 0 saturated carbocycles. The minimum Gasteiger partial charge on any atom is -0.288 e. The first kappa shape index (κ1) is 10.9. The summed E-state index contributed by atoms with van der Waals surface area (Å²) in [6.45, 7) is 0. The fraction of sp³-hybridized carbons (Fsp3) is 0. The van der Waals surface area contributed by atoms with E-state index in [1.165, 1.54) is 0 Å². The van der Waals surface area contributed by atoms with Gasteiger partial charge in [-0.3, -0.25) is 14.9 Å². The van der Waals surface area contributed by atoms with E-state index in [0.717, 1.165) is 4.47 Å². The number of benzene rings is 1. The molecule has 1 aliphatic rings. The Morgan fingerprint density at radius 1 is 1.08 bits per heavy atom. The van der Waals surface area contributed by atoms with Crippen LogP contribution in [0.2, 0.25) is 0 Å². The van der Waals surface area contributed by atoms with Crippen molar-refractivity contribution in [3.63, 3.8) is 0 Å². The molecule has 0 unspecified atom stereocenters. The molecule has 1 aliphatic heterocycles. The van der Waals surface area contributed by atoms with Crippen molar-refractivity contribution in [2.45, 2.75) is 0 Å². The van der Waals surface area contributed by atoms with E-state index in [2.05, 4.69) is 21.2 Å². The van der Waals surface area contributed by atoms with Crippen LogP contribution in [0.4, 0.5) is 0 Å². The normalized spacial score (nSPS) is 13.3. The summed E-state index contributed by atoms with van der Waals surface area (Å²) in [5.41, 5.74) is 0.887. The van der Waals surface area contributed by atoms with Gasteiger partial charge in [0.25, 0.3) is 11.8 Å². The summed E-state index contributed by atoms with van der Waals surface area (Å²) in [6.07, 6.45) is 0. The van der Waals surface area contributed by atoms with Crippen molar-refractivity contribution >= 4 is 57.3 Å². The number of nitrogens with one attached hydrogen (secondary N) is 1. The summed E-state index contributed by atoms with van der Waals surface area (Å²) in [4.78, 5) is 22.1. The molecule has 0 aromatic heterocycles. The topological polar surface area (TPSA) is 46.2 Å². The molecule has 1 radical (unpaired) electrons. The Balaban J connectivity index is 0.000000845. The van der Waals surface area contributed by atoms with Gasteiger partial charge in [0.15, 0.2) is 0 Å². The molecular weight excluding hydrogens is 245 g/mol. The number of halogens is 1. The monoisotopic (exact) mass is 248 g/mol.